The Labute approximate surface area is 106 Å². The van der Waals surface area contributed by atoms with Gasteiger partial charge in [-0.15, -0.1) is 0 Å². The second kappa shape index (κ2) is 4.80. The standard InChI is InChI=1S/C9H10N4O4S/c14-4(6(15)9(16)17)1-13-3-12-5-7(13)10-2-11-8(5)18/h2-4,6,14-15H,1H2,(H,16,17)(H,10,11,18)/t4-,6-/m1/s1. The summed E-state index contributed by atoms with van der Waals surface area (Å²) in [7, 11) is 0. The molecule has 0 radical (unpaired) electrons. The lowest BCUT2D eigenvalue weighted by Crippen LogP contribution is -2.36. The molecule has 0 aliphatic rings. The summed E-state index contributed by atoms with van der Waals surface area (Å²) in [6.45, 7) is -0.126. The molecule has 2 aromatic heterocycles. The lowest BCUT2D eigenvalue weighted by atomic mass is 10.2. The number of nitrogens with zero attached hydrogens (tertiary/aromatic N) is 3. The number of H-pyrrole nitrogens is 1. The topological polar surface area (TPSA) is 124 Å². The van der Waals surface area contributed by atoms with E-state index < -0.39 is 18.2 Å². The predicted octanol–water partition coefficient (Wildman–Crippen LogP) is -0.705. The monoisotopic (exact) mass is 270 g/mol. The maximum absolute atomic E-state index is 10.5. The van der Waals surface area contributed by atoms with Crippen LogP contribution in [0.2, 0.25) is 0 Å². The third-order valence-electron chi connectivity index (χ3n) is 2.42. The van der Waals surface area contributed by atoms with Crippen molar-refractivity contribution in [3.05, 3.63) is 17.3 Å². The minimum Gasteiger partial charge on any atom is -0.479 e. The molecule has 18 heavy (non-hydrogen) atoms. The summed E-state index contributed by atoms with van der Waals surface area (Å²) in [4.78, 5) is 21.2. The van der Waals surface area contributed by atoms with Crippen LogP contribution in [0.25, 0.3) is 11.2 Å². The van der Waals surface area contributed by atoms with Gasteiger partial charge in [0, 0.05) is 0 Å². The summed E-state index contributed by atoms with van der Waals surface area (Å²) in [5.41, 5.74) is 0.955. The van der Waals surface area contributed by atoms with Crippen LogP contribution in [0.5, 0.6) is 0 Å². The van der Waals surface area contributed by atoms with E-state index in [2.05, 4.69) is 15.0 Å². The van der Waals surface area contributed by atoms with Crippen molar-refractivity contribution in [2.75, 3.05) is 0 Å². The molecular weight excluding hydrogens is 260 g/mol. The van der Waals surface area contributed by atoms with Gasteiger partial charge in [0.15, 0.2) is 10.7 Å². The fourth-order valence-corrected chi connectivity index (χ4v) is 1.71. The molecule has 2 heterocycles. The molecule has 2 rings (SSSR count). The van der Waals surface area contributed by atoms with Crippen LogP contribution in [0, 0.1) is 4.64 Å². The SMILES string of the molecule is O=C(O)[C@H](O)[C@H](O)Cn1cnc2c(=S)nc[nH]c21. The number of aliphatic hydroxyl groups is 2. The summed E-state index contributed by atoms with van der Waals surface area (Å²) in [6.07, 6.45) is -0.540. The highest BCUT2D eigenvalue weighted by atomic mass is 32.1. The number of rotatable bonds is 4. The molecule has 0 bridgehead atoms. The first-order chi connectivity index (χ1) is 8.50. The number of aliphatic hydroxyl groups excluding tert-OH is 2. The molecule has 2 atom stereocenters. The van der Waals surface area contributed by atoms with Crippen LogP contribution in [-0.4, -0.2) is 53.0 Å². The number of fused-ring (bicyclic) bond motifs is 1. The van der Waals surface area contributed by atoms with E-state index in [1.165, 1.54) is 17.2 Å². The minimum absolute atomic E-state index is 0.126. The Hall–Kier alpha value is -1.84. The summed E-state index contributed by atoms with van der Waals surface area (Å²) in [6, 6.07) is 0. The van der Waals surface area contributed by atoms with Crippen molar-refractivity contribution in [3.8, 4) is 0 Å². The maximum atomic E-state index is 10.5. The molecule has 96 valence electrons. The van der Waals surface area contributed by atoms with Gasteiger partial charge in [-0.1, -0.05) is 12.2 Å². The van der Waals surface area contributed by atoms with E-state index >= 15 is 0 Å². The number of hydrogen-bond donors (Lipinski definition) is 4. The molecule has 0 aliphatic carbocycles. The molecule has 8 nitrogen and oxygen atoms in total. The fourth-order valence-electron chi connectivity index (χ4n) is 1.51. The second-order valence-electron chi connectivity index (χ2n) is 3.65. The smallest absolute Gasteiger partial charge is 0.335 e. The lowest BCUT2D eigenvalue weighted by molar-refractivity contribution is -0.153. The van der Waals surface area contributed by atoms with Crippen LogP contribution in [0.4, 0.5) is 0 Å². The van der Waals surface area contributed by atoms with Gasteiger partial charge < -0.3 is 24.9 Å². The first-order valence-electron chi connectivity index (χ1n) is 4.98. The van der Waals surface area contributed by atoms with Gasteiger partial charge in [-0.25, -0.2) is 14.8 Å². The average Bonchev–Trinajstić information content (AvgIpc) is 2.73. The highest BCUT2D eigenvalue weighted by molar-refractivity contribution is 7.71. The minimum atomic E-state index is -1.85. The van der Waals surface area contributed by atoms with Gasteiger partial charge in [0.2, 0.25) is 0 Å². The quantitative estimate of drug-likeness (QED) is 0.541. The van der Waals surface area contributed by atoms with Gasteiger partial charge >= 0.3 is 5.97 Å². The number of carboxylic acids is 1. The van der Waals surface area contributed by atoms with E-state index in [9.17, 15) is 15.0 Å². The summed E-state index contributed by atoms with van der Waals surface area (Å²) in [5.74, 6) is -1.48. The van der Waals surface area contributed by atoms with Crippen molar-refractivity contribution >= 4 is 29.4 Å². The van der Waals surface area contributed by atoms with Crippen molar-refractivity contribution in [3.63, 3.8) is 0 Å². The predicted molar refractivity (Wildman–Crippen MR) is 62.4 cm³/mol. The highest BCUT2D eigenvalue weighted by Gasteiger charge is 2.24. The first-order valence-corrected chi connectivity index (χ1v) is 5.39. The molecule has 0 spiro atoms. The highest BCUT2D eigenvalue weighted by Crippen LogP contribution is 2.11. The molecule has 0 saturated carbocycles. The zero-order valence-corrected chi connectivity index (χ0v) is 9.83. The zero-order valence-electron chi connectivity index (χ0n) is 9.02. The van der Waals surface area contributed by atoms with Crippen molar-refractivity contribution in [2.45, 2.75) is 18.8 Å². The van der Waals surface area contributed by atoms with Gasteiger partial charge in [-0.2, -0.15) is 0 Å². The number of nitrogens with one attached hydrogen (secondary N) is 1. The van der Waals surface area contributed by atoms with Crippen molar-refractivity contribution < 1.29 is 20.1 Å². The van der Waals surface area contributed by atoms with Crippen molar-refractivity contribution in [2.24, 2.45) is 0 Å². The maximum Gasteiger partial charge on any atom is 0.335 e. The molecule has 2 aromatic rings. The summed E-state index contributed by atoms with van der Waals surface area (Å²) in [5, 5.41) is 27.3. The lowest BCUT2D eigenvalue weighted by Gasteiger charge is -2.14. The summed E-state index contributed by atoms with van der Waals surface area (Å²) >= 11 is 4.96. The van der Waals surface area contributed by atoms with E-state index in [1.54, 1.807) is 0 Å². The number of aromatic amines is 1. The second-order valence-corrected chi connectivity index (χ2v) is 4.04. The van der Waals surface area contributed by atoms with Crippen LogP contribution >= 0.6 is 12.2 Å². The van der Waals surface area contributed by atoms with Crippen LogP contribution in [0.3, 0.4) is 0 Å². The largest absolute Gasteiger partial charge is 0.479 e. The van der Waals surface area contributed by atoms with Crippen LogP contribution in [0.15, 0.2) is 12.7 Å². The van der Waals surface area contributed by atoms with E-state index in [4.69, 9.17) is 17.3 Å². The fraction of sp³-hybridized carbons (Fsp3) is 0.333. The molecule has 0 aliphatic heterocycles. The third kappa shape index (κ3) is 2.23. The van der Waals surface area contributed by atoms with Gasteiger partial charge in [0.05, 0.1) is 19.2 Å². The Morgan fingerprint density at radius 3 is 2.89 bits per heavy atom. The number of imidazole rings is 1. The molecule has 9 heteroatoms. The van der Waals surface area contributed by atoms with E-state index in [-0.39, 0.29) is 6.54 Å². The number of hydrogen-bond acceptors (Lipinski definition) is 6. The molecule has 0 fully saturated rings. The Morgan fingerprint density at radius 2 is 2.22 bits per heavy atom. The van der Waals surface area contributed by atoms with Crippen LogP contribution < -0.4 is 0 Å². The zero-order chi connectivity index (χ0) is 13.3. The Balaban J connectivity index is 2.30. The third-order valence-corrected chi connectivity index (χ3v) is 2.72. The van der Waals surface area contributed by atoms with Crippen molar-refractivity contribution in [1.82, 2.24) is 19.5 Å². The number of aromatic nitrogens is 4. The number of carboxylic acid groups (broad SMARTS) is 1. The molecule has 0 aromatic carbocycles. The van der Waals surface area contributed by atoms with Crippen LogP contribution in [0.1, 0.15) is 0 Å². The van der Waals surface area contributed by atoms with E-state index in [1.807, 2.05) is 0 Å². The van der Waals surface area contributed by atoms with Gasteiger partial charge in [0.1, 0.15) is 17.3 Å². The van der Waals surface area contributed by atoms with Crippen molar-refractivity contribution in [1.29, 1.82) is 0 Å². The Bertz CT molecular complexity index is 637. The average molecular weight is 270 g/mol. The number of aliphatic carboxylic acids is 1. The normalized spacial score (nSPS) is 14.6. The Kier molecular flexibility index (Phi) is 3.36. The molecule has 0 amide bonds. The molecule has 0 saturated heterocycles. The molecule has 0 unspecified atom stereocenters. The van der Waals surface area contributed by atoms with E-state index in [0.717, 1.165) is 0 Å². The van der Waals surface area contributed by atoms with Gasteiger partial charge in [-0.3, -0.25) is 0 Å². The number of carbonyl (C=O) groups is 1. The van der Waals surface area contributed by atoms with E-state index in [0.29, 0.717) is 15.8 Å². The van der Waals surface area contributed by atoms with Crippen LogP contribution in [-0.2, 0) is 11.3 Å². The molecular formula is C9H10N4O4S. The first kappa shape index (κ1) is 12.6. The van der Waals surface area contributed by atoms with Gasteiger partial charge in [-0.05, 0) is 0 Å². The Morgan fingerprint density at radius 1 is 1.50 bits per heavy atom. The van der Waals surface area contributed by atoms with Gasteiger partial charge in [0.25, 0.3) is 0 Å². The molecule has 4 N–H and O–H groups in total. The summed E-state index contributed by atoms with van der Waals surface area (Å²) < 4.78 is 1.76.